The lowest BCUT2D eigenvalue weighted by atomic mass is 9.64. The van der Waals surface area contributed by atoms with Gasteiger partial charge in [0.25, 0.3) is 0 Å². The van der Waals surface area contributed by atoms with Gasteiger partial charge in [0.2, 0.25) is 0 Å². The van der Waals surface area contributed by atoms with Crippen LogP contribution in [0.3, 0.4) is 0 Å². The predicted molar refractivity (Wildman–Crippen MR) is 293 cm³/mol. The first-order chi connectivity index (χ1) is 35.7. The van der Waals surface area contributed by atoms with Crippen LogP contribution in [0.25, 0.3) is 44.5 Å². The summed E-state index contributed by atoms with van der Waals surface area (Å²) in [5.74, 6) is 0. The summed E-state index contributed by atoms with van der Waals surface area (Å²) >= 11 is 0. The van der Waals surface area contributed by atoms with Crippen molar-refractivity contribution in [3.05, 3.63) is 311 Å². The third-order valence-corrected chi connectivity index (χ3v) is 16.1. The first-order valence-corrected chi connectivity index (χ1v) is 24.8. The summed E-state index contributed by atoms with van der Waals surface area (Å²) in [4.78, 5) is 5.03. The summed E-state index contributed by atoms with van der Waals surface area (Å²) in [6, 6.07) is 98.4. The van der Waals surface area contributed by atoms with Crippen LogP contribution in [-0.2, 0) is 10.8 Å². The van der Waals surface area contributed by atoms with Gasteiger partial charge >= 0.3 is 0 Å². The van der Waals surface area contributed by atoms with Crippen LogP contribution in [0.5, 0.6) is 0 Å². The minimum atomic E-state index is -0.553. The Kier molecular flexibility index (Phi) is 8.56. The van der Waals surface area contributed by atoms with E-state index >= 15 is 0 Å². The van der Waals surface area contributed by atoms with Crippen LogP contribution in [0.1, 0.15) is 50.1 Å². The second-order valence-electron chi connectivity index (χ2n) is 19.4. The van der Waals surface area contributed by atoms with Gasteiger partial charge in [-0.15, -0.1) is 0 Å². The number of fused-ring (bicyclic) bond motifs is 18. The van der Waals surface area contributed by atoms with E-state index in [1.165, 1.54) is 66.8 Å². The highest BCUT2D eigenvalue weighted by molar-refractivity contribution is 6.02. The molecular weight excluding hydrogens is 871 g/mol. The number of benzene rings is 11. The molecule has 15 rings (SSSR count). The predicted octanol–water partition coefficient (Wildman–Crippen LogP) is 17.2. The molecule has 0 aromatic heterocycles. The molecule has 2 aliphatic heterocycles. The topological polar surface area (TPSA) is 30.3 Å². The Hall–Kier alpha value is -9.49. The summed E-state index contributed by atoms with van der Waals surface area (Å²) in [5.41, 5.74) is 25.6. The fourth-order valence-electron chi connectivity index (χ4n) is 13.4. The monoisotopic (exact) mass is 913 g/mol. The third-order valence-electron chi connectivity index (χ3n) is 16.1. The van der Waals surface area contributed by atoms with Gasteiger partial charge in [0.1, 0.15) is 0 Å². The Morgan fingerprint density at radius 2 is 0.611 bits per heavy atom. The summed E-state index contributed by atoms with van der Waals surface area (Å²) in [7, 11) is 0. The fraction of sp³-hybridized carbons (Fsp3) is 0.0290. The minimum absolute atomic E-state index is 0.521. The van der Waals surface area contributed by atoms with E-state index in [9.17, 15) is 5.26 Å². The molecule has 0 amide bonds. The lowest BCUT2D eigenvalue weighted by Crippen LogP contribution is -2.36. The molecule has 2 spiro atoms. The van der Waals surface area contributed by atoms with Crippen molar-refractivity contribution in [1.29, 1.82) is 5.26 Å². The Balaban J connectivity index is 1.01. The zero-order valence-electron chi connectivity index (χ0n) is 39.2. The first-order valence-electron chi connectivity index (χ1n) is 24.8. The van der Waals surface area contributed by atoms with Crippen molar-refractivity contribution in [2.75, 3.05) is 9.80 Å². The largest absolute Gasteiger partial charge is 0.310 e. The lowest BCUT2D eigenvalue weighted by Gasteiger charge is -2.46. The number of nitriles is 1. The van der Waals surface area contributed by atoms with Crippen LogP contribution in [-0.4, -0.2) is 0 Å². The molecule has 4 aliphatic rings. The van der Waals surface area contributed by atoms with Crippen molar-refractivity contribution in [2.24, 2.45) is 0 Å². The number of para-hydroxylation sites is 4. The number of nitrogens with zero attached hydrogens (tertiary/aromatic N) is 3. The highest BCUT2D eigenvalue weighted by Crippen LogP contribution is 2.66. The van der Waals surface area contributed by atoms with E-state index in [0.29, 0.717) is 5.56 Å². The molecule has 72 heavy (non-hydrogen) atoms. The maximum atomic E-state index is 10.3. The van der Waals surface area contributed by atoms with Gasteiger partial charge in [-0.2, -0.15) is 5.26 Å². The van der Waals surface area contributed by atoms with Gasteiger partial charge in [0.15, 0.2) is 0 Å². The first kappa shape index (κ1) is 40.4. The molecule has 3 heteroatoms. The number of hydrogen-bond donors (Lipinski definition) is 0. The van der Waals surface area contributed by atoms with Crippen molar-refractivity contribution in [3.63, 3.8) is 0 Å². The quantitative estimate of drug-likeness (QED) is 0.176. The molecule has 0 saturated heterocycles. The molecule has 0 unspecified atom stereocenters. The van der Waals surface area contributed by atoms with Crippen LogP contribution in [0.2, 0.25) is 0 Å². The van der Waals surface area contributed by atoms with Crippen molar-refractivity contribution < 1.29 is 0 Å². The Labute approximate surface area is 419 Å². The maximum absolute atomic E-state index is 10.3. The van der Waals surface area contributed by atoms with Crippen molar-refractivity contribution in [1.82, 2.24) is 0 Å². The van der Waals surface area contributed by atoms with Gasteiger partial charge in [-0.1, -0.05) is 212 Å². The van der Waals surface area contributed by atoms with Crippen LogP contribution >= 0.6 is 0 Å². The Morgan fingerprint density at radius 1 is 0.264 bits per heavy atom. The Morgan fingerprint density at radius 3 is 1.04 bits per heavy atom. The zero-order chi connectivity index (χ0) is 47.5. The lowest BCUT2D eigenvalue weighted by molar-refractivity contribution is 0.751. The Bertz CT molecular complexity index is 3930. The summed E-state index contributed by atoms with van der Waals surface area (Å²) in [6.07, 6.45) is 0. The van der Waals surface area contributed by atoms with Crippen LogP contribution in [0.4, 0.5) is 34.1 Å². The molecule has 0 bridgehead atoms. The molecule has 334 valence electrons. The molecule has 0 atom stereocenters. The van der Waals surface area contributed by atoms with E-state index in [-0.39, 0.29) is 0 Å². The van der Waals surface area contributed by atoms with Gasteiger partial charge in [-0.3, -0.25) is 0 Å². The number of anilines is 6. The zero-order valence-corrected chi connectivity index (χ0v) is 39.2. The summed E-state index contributed by atoms with van der Waals surface area (Å²) in [6.45, 7) is 0. The van der Waals surface area contributed by atoms with Gasteiger partial charge in [0, 0.05) is 11.3 Å². The second kappa shape index (κ2) is 15.3. The second-order valence-corrected chi connectivity index (χ2v) is 19.4. The number of rotatable bonds is 4. The smallest absolute Gasteiger partial charge is 0.0998 e. The summed E-state index contributed by atoms with van der Waals surface area (Å²) in [5, 5.41) is 10.3. The average Bonchev–Trinajstić information content (AvgIpc) is 3.92. The van der Waals surface area contributed by atoms with Crippen molar-refractivity contribution in [3.8, 4) is 50.6 Å². The molecule has 2 aliphatic carbocycles. The number of hydrogen-bond acceptors (Lipinski definition) is 3. The normalized spacial score (nSPS) is 14.3. The molecule has 11 aromatic rings. The maximum Gasteiger partial charge on any atom is 0.0998 e. The SMILES string of the molecule is N#Cc1ccccc1-c1cccc(-c2ccc(N3c4ccccc4C4(c5ccccc5-c5ccccc54)c4ccccc43)cc2N2c3ccccc3C3(c4ccccc4-c4ccccc43)c3ccccc32)c1. The molecule has 0 fully saturated rings. The highest BCUT2D eigenvalue weighted by atomic mass is 15.2. The fourth-order valence-corrected chi connectivity index (χ4v) is 13.4. The van der Waals surface area contributed by atoms with Gasteiger partial charge in [-0.05, 0) is 132 Å². The van der Waals surface area contributed by atoms with E-state index in [1.54, 1.807) is 0 Å². The molecule has 3 nitrogen and oxygen atoms in total. The molecule has 0 N–H and O–H groups in total. The van der Waals surface area contributed by atoms with Crippen molar-refractivity contribution >= 4 is 34.1 Å². The van der Waals surface area contributed by atoms with E-state index in [0.717, 1.165) is 56.4 Å². The minimum Gasteiger partial charge on any atom is -0.310 e. The van der Waals surface area contributed by atoms with Crippen LogP contribution in [0.15, 0.2) is 261 Å². The molecule has 2 heterocycles. The van der Waals surface area contributed by atoms with E-state index in [4.69, 9.17) is 0 Å². The van der Waals surface area contributed by atoms with Gasteiger partial charge in [0.05, 0.1) is 50.9 Å². The van der Waals surface area contributed by atoms with E-state index < -0.39 is 10.8 Å². The van der Waals surface area contributed by atoms with E-state index in [1.807, 2.05) is 18.2 Å². The standard InChI is InChI=1S/C69H43N3/c70-44-47-20-1-2-23-49(47)45-21-19-22-46(42-45)50-41-40-48(71-63-36-15-11-32-59(63)68(60-33-12-16-37-64(60)71)55-28-7-3-24-51(55)52-25-4-8-29-56(52)68)43-67(50)72-65-38-17-13-34-61(65)69(62-35-14-18-39-66(62)72)57-30-9-5-26-53(57)54-27-6-10-31-58(54)69/h1-43H. The molecule has 0 radical (unpaired) electrons. The van der Waals surface area contributed by atoms with Crippen molar-refractivity contribution in [2.45, 2.75) is 10.8 Å². The molecule has 0 saturated carbocycles. The average molecular weight is 914 g/mol. The van der Waals surface area contributed by atoms with E-state index in [2.05, 4.69) is 259 Å². The van der Waals surface area contributed by atoms with Crippen LogP contribution in [0, 0.1) is 11.3 Å². The molecular formula is C69H43N3. The highest BCUT2D eigenvalue weighted by Gasteiger charge is 2.53. The third kappa shape index (κ3) is 5.23. The van der Waals surface area contributed by atoms with Crippen LogP contribution < -0.4 is 9.80 Å². The van der Waals surface area contributed by atoms with Gasteiger partial charge < -0.3 is 9.80 Å². The summed E-state index contributed by atoms with van der Waals surface area (Å²) < 4.78 is 0. The van der Waals surface area contributed by atoms with Gasteiger partial charge in [-0.25, -0.2) is 0 Å². The molecule has 11 aromatic carbocycles.